The van der Waals surface area contributed by atoms with Crippen molar-refractivity contribution in [3.05, 3.63) is 109 Å². The predicted octanol–water partition coefficient (Wildman–Crippen LogP) is 6.54. The number of aromatic nitrogens is 4. The minimum atomic E-state index is 0.438. The summed E-state index contributed by atoms with van der Waals surface area (Å²) in [4.78, 5) is 9.15. The summed E-state index contributed by atoms with van der Waals surface area (Å²) in [6.07, 6.45) is 3.16. The molecule has 158 valence electrons. The SMILES string of the molecule is N#Cc1cnc(-n2c3ccccc3c3ccc4c5ccccc5n(-c5ccccc5)c4c32)nc1. The number of rotatable bonds is 2. The van der Waals surface area contributed by atoms with E-state index in [1.807, 2.05) is 12.1 Å². The molecule has 0 spiro atoms. The number of benzene rings is 4. The third-order valence-electron chi connectivity index (χ3n) is 6.45. The van der Waals surface area contributed by atoms with Crippen molar-refractivity contribution in [2.24, 2.45) is 0 Å². The van der Waals surface area contributed by atoms with Crippen LogP contribution in [0.3, 0.4) is 0 Å². The van der Waals surface area contributed by atoms with Crippen LogP contribution in [0.2, 0.25) is 0 Å². The van der Waals surface area contributed by atoms with Crippen LogP contribution >= 0.6 is 0 Å². The quantitative estimate of drug-likeness (QED) is 0.310. The molecule has 5 nitrogen and oxygen atoms in total. The molecule has 0 amide bonds. The van der Waals surface area contributed by atoms with Crippen molar-refractivity contribution in [1.29, 1.82) is 5.26 Å². The number of fused-ring (bicyclic) bond motifs is 7. The molecule has 7 rings (SSSR count). The van der Waals surface area contributed by atoms with Crippen molar-refractivity contribution in [3.8, 4) is 17.7 Å². The minimum absolute atomic E-state index is 0.438. The molecule has 7 aromatic rings. The molecule has 3 aromatic heterocycles. The van der Waals surface area contributed by atoms with Crippen molar-refractivity contribution in [2.45, 2.75) is 0 Å². The summed E-state index contributed by atoms with van der Waals surface area (Å²) in [6, 6.07) is 33.8. The van der Waals surface area contributed by atoms with Crippen LogP contribution < -0.4 is 0 Å². The molecule has 0 N–H and O–H groups in total. The number of para-hydroxylation sites is 3. The second-order valence-corrected chi connectivity index (χ2v) is 8.28. The number of hydrogen-bond acceptors (Lipinski definition) is 3. The summed E-state index contributed by atoms with van der Waals surface area (Å²) >= 11 is 0. The van der Waals surface area contributed by atoms with Crippen LogP contribution in [0.25, 0.3) is 55.2 Å². The lowest BCUT2D eigenvalue weighted by atomic mass is 10.1. The maximum atomic E-state index is 9.25. The van der Waals surface area contributed by atoms with Gasteiger partial charge in [-0.1, -0.05) is 66.7 Å². The molecule has 0 aliphatic rings. The third-order valence-corrected chi connectivity index (χ3v) is 6.45. The second kappa shape index (κ2) is 7.03. The Labute approximate surface area is 194 Å². The van der Waals surface area contributed by atoms with Crippen LogP contribution in [0, 0.1) is 11.3 Å². The lowest BCUT2D eigenvalue weighted by Crippen LogP contribution is -2.02. The highest BCUT2D eigenvalue weighted by atomic mass is 15.2. The Morgan fingerprint density at radius 1 is 0.559 bits per heavy atom. The second-order valence-electron chi connectivity index (χ2n) is 8.28. The Morgan fingerprint density at radius 3 is 1.71 bits per heavy atom. The summed E-state index contributed by atoms with van der Waals surface area (Å²) in [5.74, 6) is 0.544. The van der Waals surface area contributed by atoms with E-state index in [0.29, 0.717) is 11.5 Å². The van der Waals surface area contributed by atoms with Crippen LogP contribution in [-0.2, 0) is 0 Å². The smallest absolute Gasteiger partial charge is 0.234 e. The van der Waals surface area contributed by atoms with Gasteiger partial charge in [0.25, 0.3) is 0 Å². The average molecular weight is 435 g/mol. The fraction of sp³-hybridized carbons (Fsp3) is 0. The van der Waals surface area contributed by atoms with Crippen molar-refractivity contribution < 1.29 is 0 Å². The van der Waals surface area contributed by atoms with Crippen molar-refractivity contribution in [2.75, 3.05) is 0 Å². The minimum Gasteiger partial charge on any atom is -0.307 e. The maximum Gasteiger partial charge on any atom is 0.234 e. The van der Waals surface area contributed by atoms with Gasteiger partial charge in [-0.2, -0.15) is 5.26 Å². The van der Waals surface area contributed by atoms with Gasteiger partial charge in [0.15, 0.2) is 0 Å². The molecular weight excluding hydrogens is 418 g/mol. The summed E-state index contributed by atoms with van der Waals surface area (Å²) < 4.78 is 4.44. The molecule has 0 saturated heterocycles. The van der Waals surface area contributed by atoms with E-state index in [4.69, 9.17) is 0 Å². The summed E-state index contributed by atoms with van der Waals surface area (Å²) in [5.41, 5.74) is 5.86. The van der Waals surface area contributed by atoms with Gasteiger partial charge in [-0.3, -0.25) is 4.57 Å². The van der Waals surface area contributed by atoms with Crippen LogP contribution in [0.4, 0.5) is 0 Å². The Hall–Kier alpha value is -4.95. The van der Waals surface area contributed by atoms with E-state index in [-0.39, 0.29) is 0 Å². The first-order valence-corrected chi connectivity index (χ1v) is 11.1. The lowest BCUT2D eigenvalue weighted by molar-refractivity contribution is 0.983. The monoisotopic (exact) mass is 435 g/mol. The molecule has 0 aliphatic heterocycles. The summed E-state index contributed by atoms with van der Waals surface area (Å²) in [6.45, 7) is 0. The third kappa shape index (κ3) is 2.48. The summed E-state index contributed by atoms with van der Waals surface area (Å²) in [7, 11) is 0. The largest absolute Gasteiger partial charge is 0.307 e. The van der Waals surface area contributed by atoms with Crippen LogP contribution in [0.15, 0.2) is 103 Å². The van der Waals surface area contributed by atoms with E-state index in [0.717, 1.165) is 38.5 Å². The molecule has 0 bridgehead atoms. The number of hydrogen-bond donors (Lipinski definition) is 0. The van der Waals surface area contributed by atoms with Gasteiger partial charge in [-0.25, -0.2) is 9.97 Å². The van der Waals surface area contributed by atoms with E-state index < -0.39 is 0 Å². The van der Waals surface area contributed by atoms with E-state index in [1.165, 1.54) is 10.8 Å². The van der Waals surface area contributed by atoms with E-state index in [2.05, 4.69) is 104 Å². The molecule has 0 atom stereocenters. The molecule has 0 saturated carbocycles. The normalized spacial score (nSPS) is 11.5. The zero-order chi connectivity index (χ0) is 22.6. The van der Waals surface area contributed by atoms with Crippen LogP contribution in [0.1, 0.15) is 5.56 Å². The highest BCUT2D eigenvalue weighted by molar-refractivity contribution is 6.23. The molecule has 34 heavy (non-hydrogen) atoms. The molecule has 5 heteroatoms. The molecule has 0 unspecified atom stereocenters. The molecule has 3 heterocycles. The van der Waals surface area contributed by atoms with Crippen molar-refractivity contribution in [1.82, 2.24) is 19.1 Å². The first-order valence-electron chi connectivity index (χ1n) is 11.1. The average Bonchev–Trinajstić information content (AvgIpc) is 3.42. The Morgan fingerprint density at radius 2 is 1.09 bits per heavy atom. The van der Waals surface area contributed by atoms with Gasteiger partial charge >= 0.3 is 0 Å². The molecule has 4 aromatic carbocycles. The predicted molar refractivity (Wildman–Crippen MR) is 135 cm³/mol. The van der Waals surface area contributed by atoms with E-state index in [9.17, 15) is 5.26 Å². The fourth-order valence-electron chi connectivity index (χ4n) is 5.05. The topological polar surface area (TPSA) is 59.4 Å². The highest BCUT2D eigenvalue weighted by Gasteiger charge is 2.21. The first kappa shape index (κ1) is 18.6. The Bertz CT molecular complexity index is 1900. The fourth-order valence-corrected chi connectivity index (χ4v) is 5.05. The van der Waals surface area contributed by atoms with Gasteiger partial charge in [-0.15, -0.1) is 0 Å². The zero-order valence-electron chi connectivity index (χ0n) is 18.1. The Balaban J connectivity index is 1.76. The zero-order valence-corrected chi connectivity index (χ0v) is 18.1. The standard InChI is InChI=1S/C29H17N5/c30-16-19-17-31-29(32-18-19)34-26-13-7-5-11-22(26)24-15-14-23-21-10-4-6-12-25(21)33(27(23)28(24)34)20-8-2-1-3-9-20/h1-15,17-18H. The van der Waals surface area contributed by atoms with Gasteiger partial charge in [0, 0.05) is 27.2 Å². The number of nitrogens with zero attached hydrogens (tertiary/aromatic N) is 5. The van der Waals surface area contributed by atoms with Gasteiger partial charge in [-0.05, 0) is 24.3 Å². The summed E-state index contributed by atoms with van der Waals surface area (Å²) in [5, 5.41) is 13.9. The molecular formula is C29H17N5. The molecule has 0 fully saturated rings. The number of nitriles is 1. The van der Waals surface area contributed by atoms with Gasteiger partial charge in [0.2, 0.25) is 5.95 Å². The molecule has 0 aliphatic carbocycles. The van der Waals surface area contributed by atoms with E-state index >= 15 is 0 Å². The van der Waals surface area contributed by atoms with Crippen LogP contribution in [0.5, 0.6) is 0 Å². The van der Waals surface area contributed by atoms with E-state index in [1.54, 1.807) is 12.4 Å². The molecule has 0 radical (unpaired) electrons. The van der Waals surface area contributed by atoms with Crippen molar-refractivity contribution in [3.63, 3.8) is 0 Å². The van der Waals surface area contributed by atoms with Gasteiger partial charge in [0.05, 0.1) is 40.0 Å². The van der Waals surface area contributed by atoms with Gasteiger partial charge < -0.3 is 4.57 Å². The Kier molecular flexibility index (Phi) is 3.84. The van der Waals surface area contributed by atoms with Gasteiger partial charge in [0.1, 0.15) is 6.07 Å². The van der Waals surface area contributed by atoms with Crippen molar-refractivity contribution >= 4 is 43.6 Å². The van der Waals surface area contributed by atoms with Crippen LogP contribution in [-0.4, -0.2) is 19.1 Å². The highest BCUT2D eigenvalue weighted by Crippen LogP contribution is 2.40. The maximum absolute atomic E-state index is 9.25. The lowest BCUT2D eigenvalue weighted by Gasteiger charge is -2.11. The first-order chi connectivity index (χ1) is 16.8.